The third-order valence-corrected chi connectivity index (χ3v) is 4.72. The van der Waals surface area contributed by atoms with Gasteiger partial charge in [0.25, 0.3) is 6.02 Å². The van der Waals surface area contributed by atoms with Crippen LogP contribution in [0.15, 0.2) is 17.4 Å². The second-order valence-corrected chi connectivity index (χ2v) is 5.95. The maximum atomic E-state index is 6.21. The molecule has 5 heterocycles. The van der Waals surface area contributed by atoms with Gasteiger partial charge in [0.1, 0.15) is 5.60 Å². The summed E-state index contributed by atoms with van der Waals surface area (Å²) in [6, 6.07) is 0.599. The van der Waals surface area contributed by atoms with Crippen molar-refractivity contribution in [1.82, 2.24) is 14.9 Å². The smallest absolute Gasteiger partial charge is 0.291 e. The van der Waals surface area contributed by atoms with Crippen LogP contribution in [0.4, 0.5) is 5.82 Å². The molecule has 0 saturated carbocycles. The van der Waals surface area contributed by atoms with Gasteiger partial charge in [-0.3, -0.25) is 15.2 Å². The zero-order valence-corrected chi connectivity index (χ0v) is 11.7. The SMILES string of the molecule is Cc1nccnc1NC1=NC[C@@]2(CN3CCC2CC3)O1. The molecule has 106 valence electrons. The molecule has 0 aromatic carbocycles. The van der Waals surface area contributed by atoms with Gasteiger partial charge in [-0.05, 0) is 32.9 Å². The van der Waals surface area contributed by atoms with Crippen molar-refractivity contribution in [3.63, 3.8) is 0 Å². The largest absolute Gasteiger partial charge is 0.455 e. The summed E-state index contributed by atoms with van der Waals surface area (Å²) in [6.07, 6.45) is 5.82. The molecule has 4 aliphatic rings. The number of amidine groups is 1. The summed E-state index contributed by atoms with van der Waals surface area (Å²) < 4.78 is 6.21. The molecule has 0 unspecified atom stereocenters. The van der Waals surface area contributed by atoms with Crippen LogP contribution in [0.2, 0.25) is 0 Å². The Morgan fingerprint density at radius 1 is 1.30 bits per heavy atom. The molecule has 6 heteroatoms. The van der Waals surface area contributed by atoms with E-state index in [0.29, 0.717) is 11.9 Å². The highest BCUT2D eigenvalue weighted by Crippen LogP contribution is 2.40. The lowest BCUT2D eigenvalue weighted by molar-refractivity contribution is -0.0829. The van der Waals surface area contributed by atoms with Crippen LogP contribution in [0.25, 0.3) is 0 Å². The zero-order valence-electron chi connectivity index (χ0n) is 11.7. The number of ether oxygens (including phenoxy) is 1. The van der Waals surface area contributed by atoms with Gasteiger partial charge in [0.15, 0.2) is 5.82 Å². The van der Waals surface area contributed by atoms with Crippen molar-refractivity contribution in [2.45, 2.75) is 25.4 Å². The Hall–Kier alpha value is -1.69. The topological polar surface area (TPSA) is 62.6 Å². The number of nitrogens with one attached hydrogen (secondary N) is 1. The predicted molar refractivity (Wildman–Crippen MR) is 75.7 cm³/mol. The molecule has 4 aliphatic heterocycles. The van der Waals surface area contributed by atoms with Gasteiger partial charge in [0.05, 0.1) is 12.2 Å². The van der Waals surface area contributed by atoms with Crippen LogP contribution in [0.3, 0.4) is 0 Å². The average Bonchev–Trinajstić information content (AvgIpc) is 2.85. The van der Waals surface area contributed by atoms with E-state index in [9.17, 15) is 0 Å². The maximum Gasteiger partial charge on any atom is 0.291 e. The number of hydrogen-bond acceptors (Lipinski definition) is 6. The van der Waals surface area contributed by atoms with Crippen molar-refractivity contribution in [2.24, 2.45) is 10.9 Å². The Labute approximate surface area is 118 Å². The highest BCUT2D eigenvalue weighted by Gasteiger charge is 2.51. The average molecular weight is 273 g/mol. The number of aliphatic imine (C=N–C) groups is 1. The summed E-state index contributed by atoms with van der Waals surface area (Å²) in [6.45, 7) is 6.11. The molecule has 1 aromatic rings. The molecule has 1 atom stereocenters. The predicted octanol–water partition coefficient (Wildman–Crippen LogP) is 1.05. The van der Waals surface area contributed by atoms with Crippen LogP contribution in [0, 0.1) is 12.8 Å². The van der Waals surface area contributed by atoms with Gasteiger partial charge in [-0.25, -0.2) is 9.98 Å². The quantitative estimate of drug-likeness (QED) is 0.828. The molecule has 20 heavy (non-hydrogen) atoms. The number of rotatable bonds is 1. The van der Waals surface area contributed by atoms with Crippen molar-refractivity contribution >= 4 is 11.8 Å². The zero-order chi connectivity index (χ0) is 13.6. The van der Waals surface area contributed by atoms with Gasteiger partial charge in [0, 0.05) is 24.9 Å². The van der Waals surface area contributed by atoms with Gasteiger partial charge in [0.2, 0.25) is 0 Å². The molecule has 0 aliphatic carbocycles. The Bertz CT molecular complexity index is 552. The summed E-state index contributed by atoms with van der Waals surface area (Å²) >= 11 is 0. The highest BCUT2D eigenvalue weighted by molar-refractivity contribution is 5.89. The molecule has 1 N–H and O–H groups in total. The molecule has 3 saturated heterocycles. The van der Waals surface area contributed by atoms with Crippen LogP contribution in [0.5, 0.6) is 0 Å². The summed E-state index contributed by atoms with van der Waals surface area (Å²) in [7, 11) is 0. The lowest BCUT2D eigenvalue weighted by Crippen LogP contribution is -2.61. The first-order chi connectivity index (χ1) is 9.75. The van der Waals surface area contributed by atoms with Crippen molar-refractivity contribution in [1.29, 1.82) is 0 Å². The molecular weight excluding hydrogens is 254 g/mol. The third-order valence-electron chi connectivity index (χ3n) is 4.72. The van der Waals surface area contributed by atoms with E-state index in [1.54, 1.807) is 12.4 Å². The first-order valence-corrected chi connectivity index (χ1v) is 7.26. The number of aromatic nitrogens is 2. The van der Waals surface area contributed by atoms with Gasteiger partial charge in [-0.1, -0.05) is 0 Å². The fourth-order valence-corrected chi connectivity index (χ4v) is 3.58. The molecule has 1 aromatic heterocycles. The van der Waals surface area contributed by atoms with Crippen LogP contribution in [0.1, 0.15) is 18.5 Å². The summed E-state index contributed by atoms with van der Waals surface area (Å²) in [4.78, 5) is 15.5. The molecule has 3 fully saturated rings. The lowest BCUT2D eigenvalue weighted by Gasteiger charge is -2.50. The number of anilines is 1. The lowest BCUT2D eigenvalue weighted by atomic mass is 9.75. The monoisotopic (exact) mass is 273 g/mol. The fraction of sp³-hybridized carbons (Fsp3) is 0.643. The minimum Gasteiger partial charge on any atom is -0.455 e. The molecule has 0 radical (unpaired) electrons. The van der Waals surface area contributed by atoms with Crippen LogP contribution >= 0.6 is 0 Å². The van der Waals surface area contributed by atoms with E-state index in [0.717, 1.165) is 24.6 Å². The number of hydrogen-bond donors (Lipinski definition) is 1. The van der Waals surface area contributed by atoms with Crippen molar-refractivity contribution < 1.29 is 4.74 Å². The van der Waals surface area contributed by atoms with Crippen molar-refractivity contribution in [3.05, 3.63) is 18.1 Å². The van der Waals surface area contributed by atoms with E-state index in [1.807, 2.05) is 6.92 Å². The first kappa shape index (κ1) is 12.1. The molecule has 1 spiro atoms. The molecule has 5 rings (SSSR count). The molecule has 0 amide bonds. The van der Waals surface area contributed by atoms with E-state index in [4.69, 9.17) is 4.74 Å². The first-order valence-electron chi connectivity index (χ1n) is 7.26. The Balaban J connectivity index is 1.49. The highest BCUT2D eigenvalue weighted by atomic mass is 16.5. The van der Waals surface area contributed by atoms with Gasteiger partial charge >= 0.3 is 0 Å². The van der Waals surface area contributed by atoms with Crippen LogP contribution in [-0.4, -0.2) is 52.7 Å². The van der Waals surface area contributed by atoms with E-state index in [1.165, 1.54) is 25.9 Å². The summed E-state index contributed by atoms with van der Waals surface area (Å²) in [5.74, 6) is 1.36. The number of aryl methyl sites for hydroxylation is 1. The van der Waals surface area contributed by atoms with E-state index >= 15 is 0 Å². The maximum absolute atomic E-state index is 6.21. The Morgan fingerprint density at radius 3 is 2.80 bits per heavy atom. The Morgan fingerprint density at radius 2 is 2.10 bits per heavy atom. The minimum atomic E-state index is -0.102. The van der Waals surface area contributed by atoms with E-state index < -0.39 is 0 Å². The molecular formula is C14H19N5O. The number of piperidine rings is 3. The molecule has 2 bridgehead atoms. The number of fused-ring (bicyclic) bond motifs is 2. The second-order valence-electron chi connectivity index (χ2n) is 5.95. The van der Waals surface area contributed by atoms with Crippen LogP contribution < -0.4 is 5.32 Å². The van der Waals surface area contributed by atoms with Gasteiger partial charge < -0.3 is 4.74 Å². The Kier molecular flexibility index (Phi) is 2.66. The standard InChI is InChI=1S/C14H19N5O/c1-10-12(16-5-4-15-10)18-13-17-8-14(20-13)9-19-6-2-11(14)3-7-19/h4-5,11H,2-3,6-9H2,1H3,(H,16,17,18)/t14-/m0/s1. The van der Waals surface area contributed by atoms with Crippen molar-refractivity contribution in [2.75, 3.05) is 31.5 Å². The van der Waals surface area contributed by atoms with E-state index in [2.05, 4.69) is 25.2 Å². The third kappa shape index (κ3) is 1.86. The summed E-state index contributed by atoms with van der Waals surface area (Å²) in [5, 5.41) is 3.18. The van der Waals surface area contributed by atoms with Gasteiger partial charge in [-0.15, -0.1) is 0 Å². The number of nitrogens with zero attached hydrogens (tertiary/aromatic N) is 4. The molecule has 6 nitrogen and oxygen atoms in total. The normalized spacial score (nSPS) is 35.0. The van der Waals surface area contributed by atoms with Crippen molar-refractivity contribution in [3.8, 4) is 0 Å². The summed E-state index contributed by atoms with van der Waals surface area (Å²) in [5.41, 5.74) is 0.753. The fourth-order valence-electron chi connectivity index (χ4n) is 3.58. The minimum absolute atomic E-state index is 0.102. The van der Waals surface area contributed by atoms with E-state index in [-0.39, 0.29) is 5.60 Å². The van der Waals surface area contributed by atoms with Crippen LogP contribution in [-0.2, 0) is 4.74 Å². The van der Waals surface area contributed by atoms with Gasteiger partial charge in [-0.2, -0.15) is 0 Å². The second kappa shape index (κ2) is 4.41.